The first-order valence-electron chi connectivity index (χ1n) is 4.43. The monoisotopic (exact) mass is 242 g/mol. The van der Waals surface area contributed by atoms with Gasteiger partial charge in [-0.1, -0.05) is 6.92 Å². The van der Waals surface area contributed by atoms with Crippen molar-refractivity contribution in [1.82, 2.24) is 4.98 Å². The zero-order valence-corrected chi connectivity index (χ0v) is 9.73. The second kappa shape index (κ2) is 3.55. The van der Waals surface area contributed by atoms with E-state index in [1.165, 1.54) is 17.4 Å². The van der Waals surface area contributed by atoms with Crippen LogP contribution in [0.4, 0.5) is 0 Å². The van der Waals surface area contributed by atoms with Crippen LogP contribution in [0.3, 0.4) is 0 Å². The van der Waals surface area contributed by atoms with Crippen LogP contribution in [0.15, 0.2) is 23.1 Å². The number of thiazole rings is 1. The predicted molar refractivity (Wildman–Crippen MR) is 60.4 cm³/mol. The quantitative estimate of drug-likeness (QED) is 0.867. The standard InChI is InChI=1S/C9H10N2O2S2/c1-2-9-11-7-4-3-6(15(10,12)13)5-8(7)14-9/h3-5H,2H2,1H3,(H2,10,12,13). The van der Waals surface area contributed by atoms with E-state index in [9.17, 15) is 8.42 Å². The molecule has 1 aromatic heterocycles. The molecule has 0 aliphatic heterocycles. The SMILES string of the molecule is CCc1nc2ccc(S(N)(=O)=O)cc2s1. The fraction of sp³-hybridized carbons (Fsp3) is 0.222. The van der Waals surface area contributed by atoms with Gasteiger partial charge in [0.05, 0.1) is 20.1 Å². The van der Waals surface area contributed by atoms with Crippen molar-refractivity contribution < 1.29 is 8.42 Å². The molecule has 0 spiro atoms. The van der Waals surface area contributed by atoms with Crippen LogP contribution < -0.4 is 5.14 Å². The Labute approximate surface area is 91.8 Å². The van der Waals surface area contributed by atoms with Crippen molar-refractivity contribution >= 4 is 31.6 Å². The average Bonchev–Trinajstić information content (AvgIpc) is 2.57. The second-order valence-corrected chi connectivity index (χ2v) is 5.81. The maximum atomic E-state index is 11.1. The van der Waals surface area contributed by atoms with Gasteiger partial charge < -0.3 is 0 Å². The van der Waals surface area contributed by atoms with Gasteiger partial charge in [-0.3, -0.25) is 0 Å². The number of fused-ring (bicyclic) bond motifs is 1. The minimum absolute atomic E-state index is 0.140. The van der Waals surface area contributed by atoms with Crippen LogP contribution in [0.5, 0.6) is 0 Å². The van der Waals surface area contributed by atoms with E-state index < -0.39 is 10.0 Å². The number of primary sulfonamides is 1. The molecule has 15 heavy (non-hydrogen) atoms. The molecule has 0 aliphatic rings. The minimum atomic E-state index is -3.61. The summed E-state index contributed by atoms with van der Waals surface area (Å²) in [6.07, 6.45) is 0.851. The first kappa shape index (κ1) is 10.5. The highest BCUT2D eigenvalue weighted by molar-refractivity contribution is 7.89. The first-order valence-corrected chi connectivity index (χ1v) is 6.79. The second-order valence-electron chi connectivity index (χ2n) is 3.14. The number of nitrogens with zero attached hydrogens (tertiary/aromatic N) is 1. The van der Waals surface area contributed by atoms with E-state index in [0.717, 1.165) is 21.6 Å². The Morgan fingerprint density at radius 1 is 1.47 bits per heavy atom. The Balaban J connectivity index is 2.66. The van der Waals surface area contributed by atoms with Gasteiger partial charge in [0.2, 0.25) is 10.0 Å². The molecular formula is C9H10N2O2S2. The Morgan fingerprint density at radius 3 is 2.80 bits per heavy atom. The summed E-state index contributed by atoms with van der Waals surface area (Å²) in [5.74, 6) is 0. The van der Waals surface area contributed by atoms with Gasteiger partial charge in [0.1, 0.15) is 0 Å². The summed E-state index contributed by atoms with van der Waals surface area (Å²) >= 11 is 1.50. The van der Waals surface area contributed by atoms with Gasteiger partial charge in [0.15, 0.2) is 0 Å². The van der Waals surface area contributed by atoms with Gasteiger partial charge in [-0.2, -0.15) is 0 Å². The molecule has 0 fully saturated rings. The topological polar surface area (TPSA) is 73.0 Å². The van der Waals surface area contributed by atoms with Crippen molar-refractivity contribution in [2.75, 3.05) is 0 Å². The lowest BCUT2D eigenvalue weighted by Crippen LogP contribution is -2.11. The third-order valence-electron chi connectivity index (χ3n) is 2.04. The number of aryl methyl sites for hydroxylation is 1. The van der Waals surface area contributed by atoms with Crippen LogP contribution in [0.1, 0.15) is 11.9 Å². The first-order chi connectivity index (χ1) is 7.00. The van der Waals surface area contributed by atoms with E-state index in [4.69, 9.17) is 5.14 Å². The molecule has 0 saturated carbocycles. The third kappa shape index (κ3) is 2.01. The molecule has 4 nitrogen and oxygen atoms in total. The van der Waals surface area contributed by atoms with Gasteiger partial charge in [-0.05, 0) is 24.6 Å². The molecule has 2 N–H and O–H groups in total. The predicted octanol–water partition coefficient (Wildman–Crippen LogP) is 1.51. The molecule has 1 heterocycles. The summed E-state index contributed by atoms with van der Waals surface area (Å²) in [4.78, 5) is 4.48. The van der Waals surface area contributed by atoms with E-state index in [1.807, 2.05) is 6.92 Å². The Morgan fingerprint density at radius 2 is 2.20 bits per heavy atom. The van der Waals surface area contributed by atoms with Crippen molar-refractivity contribution in [2.24, 2.45) is 5.14 Å². The van der Waals surface area contributed by atoms with E-state index >= 15 is 0 Å². The van der Waals surface area contributed by atoms with E-state index in [-0.39, 0.29) is 4.90 Å². The van der Waals surface area contributed by atoms with Crippen LogP contribution in [-0.4, -0.2) is 13.4 Å². The van der Waals surface area contributed by atoms with E-state index in [2.05, 4.69) is 4.98 Å². The normalized spacial score (nSPS) is 12.1. The lowest BCUT2D eigenvalue weighted by molar-refractivity contribution is 0.598. The molecule has 2 rings (SSSR count). The summed E-state index contributed by atoms with van der Waals surface area (Å²) in [5.41, 5.74) is 0.823. The molecule has 80 valence electrons. The largest absolute Gasteiger partial charge is 0.241 e. The molecule has 0 amide bonds. The van der Waals surface area contributed by atoms with Crippen molar-refractivity contribution in [1.29, 1.82) is 0 Å². The zero-order valence-electron chi connectivity index (χ0n) is 8.10. The van der Waals surface area contributed by atoms with Gasteiger partial charge in [0, 0.05) is 0 Å². The lowest BCUT2D eigenvalue weighted by atomic mass is 10.3. The molecule has 0 aliphatic carbocycles. The number of hydrogen-bond donors (Lipinski definition) is 1. The molecule has 0 radical (unpaired) electrons. The molecule has 0 saturated heterocycles. The molecule has 2 aromatic rings. The van der Waals surface area contributed by atoms with Crippen LogP contribution >= 0.6 is 11.3 Å². The number of sulfonamides is 1. The smallest absolute Gasteiger partial charge is 0.238 e. The highest BCUT2D eigenvalue weighted by Crippen LogP contribution is 2.24. The summed E-state index contributed by atoms with van der Waals surface area (Å²) in [5, 5.41) is 6.04. The average molecular weight is 242 g/mol. The van der Waals surface area contributed by atoms with Crippen molar-refractivity contribution in [3.63, 3.8) is 0 Å². The van der Waals surface area contributed by atoms with E-state index in [1.54, 1.807) is 12.1 Å². The van der Waals surface area contributed by atoms with E-state index in [0.29, 0.717) is 0 Å². The lowest BCUT2D eigenvalue weighted by Gasteiger charge is -1.95. The van der Waals surface area contributed by atoms with Gasteiger partial charge >= 0.3 is 0 Å². The highest BCUT2D eigenvalue weighted by atomic mass is 32.2. The summed E-state index contributed by atoms with van der Waals surface area (Å²) in [7, 11) is -3.61. The van der Waals surface area contributed by atoms with Crippen LogP contribution in [0.2, 0.25) is 0 Å². The van der Waals surface area contributed by atoms with Crippen LogP contribution in [-0.2, 0) is 16.4 Å². The zero-order chi connectivity index (χ0) is 11.1. The fourth-order valence-electron chi connectivity index (χ4n) is 1.28. The fourth-order valence-corrected chi connectivity index (χ4v) is 2.84. The Bertz CT molecular complexity index is 602. The molecule has 6 heteroatoms. The molecule has 0 bridgehead atoms. The third-order valence-corrected chi connectivity index (χ3v) is 4.11. The number of benzene rings is 1. The highest BCUT2D eigenvalue weighted by Gasteiger charge is 2.10. The number of aromatic nitrogens is 1. The summed E-state index contributed by atoms with van der Waals surface area (Å²) in [6, 6.07) is 4.74. The summed E-state index contributed by atoms with van der Waals surface area (Å²) in [6.45, 7) is 2.01. The number of hydrogen-bond acceptors (Lipinski definition) is 4. The summed E-state index contributed by atoms with van der Waals surface area (Å²) < 4.78 is 23.1. The molecule has 0 unspecified atom stereocenters. The molecular weight excluding hydrogens is 232 g/mol. The maximum absolute atomic E-state index is 11.1. The van der Waals surface area contributed by atoms with Gasteiger partial charge in [-0.25, -0.2) is 18.5 Å². The van der Waals surface area contributed by atoms with Crippen molar-refractivity contribution in [3.05, 3.63) is 23.2 Å². The number of nitrogens with two attached hydrogens (primary N) is 1. The van der Waals surface area contributed by atoms with Crippen molar-refractivity contribution in [2.45, 2.75) is 18.2 Å². The Hall–Kier alpha value is -0.980. The molecule has 1 aromatic carbocycles. The maximum Gasteiger partial charge on any atom is 0.238 e. The Kier molecular flexibility index (Phi) is 2.49. The molecule has 0 atom stereocenters. The van der Waals surface area contributed by atoms with Gasteiger partial charge in [-0.15, -0.1) is 11.3 Å². The van der Waals surface area contributed by atoms with Gasteiger partial charge in [0.25, 0.3) is 0 Å². The van der Waals surface area contributed by atoms with Crippen LogP contribution in [0, 0.1) is 0 Å². The van der Waals surface area contributed by atoms with Crippen LogP contribution in [0.25, 0.3) is 10.2 Å². The van der Waals surface area contributed by atoms with Crippen molar-refractivity contribution in [3.8, 4) is 0 Å². The minimum Gasteiger partial charge on any atom is -0.241 e. The number of rotatable bonds is 2.